The van der Waals surface area contributed by atoms with E-state index in [1.165, 1.54) is 101 Å². The first kappa shape index (κ1) is 29.1. The molecule has 2 aromatic rings. The Kier molecular flexibility index (Phi) is 13.4. The number of allylic oxidation sites excluding steroid dienone is 2. The summed E-state index contributed by atoms with van der Waals surface area (Å²) in [7, 11) is 0. The number of aryl methyl sites for hydroxylation is 1. The van der Waals surface area contributed by atoms with E-state index in [1.807, 2.05) is 6.92 Å². The van der Waals surface area contributed by atoms with Gasteiger partial charge in [0.15, 0.2) is 0 Å². The molecule has 4 heteroatoms. The zero-order chi connectivity index (χ0) is 26.1. The second kappa shape index (κ2) is 17.1. The lowest BCUT2D eigenvalue weighted by Gasteiger charge is -2.02. The zero-order valence-electron chi connectivity index (χ0n) is 23.8. The number of H-pyrrole nitrogens is 2. The van der Waals surface area contributed by atoms with Crippen LogP contribution in [0.2, 0.25) is 0 Å². The summed E-state index contributed by atoms with van der Waals surface area (Å²) in [5, 5.41) is 0. The minimum absolute atomic E-state index is 0.643. The second-order valence-electron chi connectivity index (χ2n) is 10.5. The predicted molar refractivity (Wildman–Crippen MR) is 161 cm³/mol. The Labute approximate surface area is 226 Å². The van der Waals surface area contributed by atoms with Crippen molar-refractivity contribution in [3.05, 3.63) is 47.4 Å². The van der Waals surface area contributed by atoms with Crippen molar-refractivity contribution in [2.75, 3.05) is 6.61 Å². The van der Waals surface area contributed by atoms with Crippen molar-refractivity contribution in [1.29, 1.82) is 0 Å². The molecule has 1 aliphatic heterocycles. The number of nitrogens with zero attached hydrogens (tertiary/aromatic N) is 1. The van der Waals surface area contributed by atoms with Crippen LogP contribution in [0.1, 0.15) is 128 Å². The lowest BCUT2D eigenvalue weighted by atomic mass is 10.1. The molecule has 0 saturated heterocycles. The monoisotopic (exact) mass is 505 g/mol. The maximum Gasteiger partial charge on any atom is 0.144 e. The predicted octanol–water partition coefficient (Wildman–Crippen LogP) is 10.2. The SMILES string of the molecule is CCCCCCCCCCCC1=NC(=Cc2[nH]c(-c3ccc(CCCCCCC)[nH]3)cc2OCC)C=C1. The van der Waals surface area contributed by atoms with Gasteiger partial charge in [-0.25, -0.2) is 0 Å². The molecule has 0 radical (unpaired) electrons. The van der Waals surface area contributed by atoms with Crippen molar-refractivity contribution in [3.8, 4) is 17.1 Å². The second-order valence-corrected chi connectivity index (χ2v) is 10.5. The molecule has 2 N–H and O–H groups in total. The normalized spacial score (nSPS) is 14.1. The Morgan fingerprint density at radius 3 is 2.03 bits per heavy atom. The van der Waals surface area contributed by atoms with E-state index in [0.717, 1.165) is 41.4 Å². The quantitative estimate of drug-likeness (QED) is 0.173. The van der Waals surface area contributed by atoms with E-state index in [4.69, 9.17) is 9.73 Å². The summed E-state index contributed by atoms with van der Waals surface area (Å²) >= 11 is 0. The summed E-state index contributed by atoms with van der Waals surface area (Å²) < 4.78 is 5.96. The van der Waals surface area contributed by atoms with Crippen LogP contribution in [0.25, 0.3) is 17.5 Å². The molecular formula is C33H51N3O. The van der Waals surface area contributed by atoms with Gasteiger partial charge in [-0.1, -0.05) is 90.9 Å². The topological polar surface area (TPSA) is 53.2 Å². The molecule has 0 unspecified atom stereocenters. The molecule has 4 nitrogen and oxygen atoms in total. The molecule has 0 spiro atoms. The molecular weight excluding hydrogens is 454 g/mol. The Hall–Kier alpha value is -2.49. The summed E-state index contributed by atoms with van der Waals surface area (Å²) in [5.74, 6) is 0.886. The highest BCUT2D eigenvalue weighted by atomic mass is 16.5. The molecule has 0 aromatic carbocycles. The van der Waals surface area contributed by atoms with Crippen molar-refractivity contribution in [2.45, 2.75) is 124 Å². The van der Waals surface area contributed by atoms with Crippen LogP contribution in [0.15, 0.2) is 41.0 Å². The summed E-state index contributed by atoms with van der Waals surface area (Å²) in [5.41, 5.74) is 6.68. The first-order valence-corrected chi connectivity index (χ1v) is 15.2. The maximum absolute atomic E-state index is 5.96. The van der Waals surface area contributed by atoms with Gasteiger partial charge in [0.05, 0.1) is 29.4 Å². The van der Waals surface area contributed by atoms with Gasteiger partial charge in [-0.2, -0.15) is 0 Å². The first-order chi connectivity index (χ1) is 18.2. The van der Waals surface area contributed by atoms with Crippen molar-refractivity contribution in [2.24, 2.45) is 4.99 Å². The Bertz CT molecular complexity index is 991. The summed E-state index contributed by atoms with van der Waals surface area (Å²) in [6.45, 7) is 7.22. The largest absolute Gasteiger partial charge is 0.492 e. The van der Waals surface area contributed by atoms with Crippen LogP contribution in [-0.4, -0.2) is 22.3 Å². The van der Waals surface area contributed by atoms with Crippen molar-refractivity contribution in [1.82, 2.24) is 9.97 Å². The number of aromatic amines is 2. The molecule has 204 valence electrons. The van der Waals surface area contributed by atoms with Crippen molar-refractivity contribution >= 4 is 11.8 Å². The number of hydrogen-bond donors (Lipinski definition) is 2. The Morgan fingerprint density at radius 1 is 0.703 bits per heavy atom. The summed E-state index contributed by atoms with van der Waals surface area (Å²) in [4.78, 5) is 12.1. The zero-order valence-corrected chi connectivity index (χ0v) is 23.8. The number of aromatic nitrogens is 2. The number of aliphatic imine (C=N–C) groups is 1. The molecule has 0 aliphatic carbocycles. The minimum Gasteiger partial charge on any atom is -0.492 e. The van der Waals surface area contributed by atoms with Crippen molar-refractivity contribution in [3.63, 3.8) is 0 Å². The van der Waals surface area contributed by atoms with Gasteiger partial charge in [-0.15, -0.1) is 0 Å². The van der Waals surface area contributed by atoms with Crippen LogP contribution in [0, 0.1) is 0 Å². The first-order valence-electron chi connectivity index (χ1n) is 15.2. The van der Waals surface area contributed by atoms with Crippen LogP contribution in [-0.2, 0) is 6.42 Å². The van der Waals surface area contributed by atoms with Gasteiger partial charge >= 0.3 is 0 Å². The van der Waals surface area contributed by atoms with Gasteiger partial charge in [0.25, 0.3) is 0 Å². The van der Waals surface area contributed by atoms with Crippen LogP contribution in [0.4, 0.5) is 0 Å². The third-order valence-electron chi connectivity index (χ3n) is 7.24. The molecule has 2 aromatic heterocycles. The lowest BCUT2D eigenvalue weighted by Crippen LogP contribution is -1.92. The highest BCUT2D eigenvalue weighted by molar-refractivity contribution is 5.99. The average Bonchev–Trinajstić information content (AvgIpc) is 3.64. The summed E-state index contributed by atoms with van der Waals surface area (Å²) in [6, 6.07) is 6.51. The fourth-order valence-corrected chi connectivity index (χ4v) is 5.05. The fraction of sp³-hybridized carbons (Fsp3) is 0.606. The number of hydrogen-bond acceptors (Lipinski definition) is 2. The van der Waals surface area contributed by atoms with Crippen LogP contribution >= 0.6 is 0 Å². The highest BCUT2D eigenvalue weighted by Crippen LogP contribution is 2.30. The van der Waals surface area contributed by atoms with E-state index in [1.54, 1.807) is 0 Å². The maximum atomic E-state index is 5.96. The molecule has 3 heterocycles. The number of rotatable bonds is 20. The van der Waals surface area contributed by atoms with Gasteiger partial charge in [0.2, 0.25) is 0 Å². The van der Waals surface area contributed by atoms with Crippen molar-refractivity contribution < 1.29 is 4.74 Å². The smallest absolute Gasteiger partial charge is 0.144 e. The van der Waals surface area contributed by atoms with Gasteiger partial charge in [-0.05, 0) is 63.0 Å². The third kappa shape index (κ3) is 10.4. The number of nitrogens with one attached hydrogen (secondary N) is 2. The third-order valence-corrected chi connectivity index (χ3v) is 7.24. The van der Waals surface area contributed by atoms with E-state index in [9.17, 15) is 0 Å². The number of unbranched alkanes of at least 4 members (excludes halogenated alkanes) is 12. The molecule has 37 heavy (non-hydrogen) atoms. The van der Waals surface area contributed by atoms with E-state index in [0.29, 0.717) is 6.61 Å². The molecule has 3 rings (SSSR count). The highest BCUT2D eigenvalue weighted by Gasteiger charge is 2.13. The molecule has 0 fully saturated rings. The van der Waals surface area contributed by atoms with Crippen LogP contribution in [0.3, 0.4) is 0 Å². The Balaban J connectivity index is 1.50. The molecule has 0 atom stereocenters. The van der Waals surface area contributed by atoms with E-state index in [-0.39, 0.29) is 0 Å². The number of ether oxygens (including phenoxy) is 1. The van der Waals surface area contributed by atoms with Crippen LogP contribution in [0.5, 0.6) is 5.75 Å². The van der Waals surface area contributed by atoms with Gasteiger partial charge in [0.1, 0.15) is 5.75 Å². The fourth-order valence-electron chi connectivity index (χ4n) is 5.05. The standard InChI is InChI=1S/C33H51N3O/c1-4-7-9-11-12-13-14-16-18-19-27-21-22-29(34-27)25-32-33(37-6-3)26-31(36-32)30-24-23-28(35-30)20-17-15-10-8-5-2/h21-26,35-36H,4-20H2,1-3H3. The van der Waals surface area contributed by atoms with Gasteiger partial charge in [0, 0.05) is 17.5 Å². The lowest BCUT2D eigenvalue weighted by molar-refractivity contribution is 0.340. The molecule has 0 bridgehead atoms. The van der Waals surface area contributed by atoms with Gasteiger partial charge < -0.3 is 14.7 Å². The molecule has 1 aliphatic rings. The minimum atomic E-state index is 0.643. The average molecular weight is 506 g/mol. The van der Waals surface area contributed by atoms with E-state index >= 15 is 0 Å². The van der Waals surface area contributed by atoms with E-state index in [2.05, 4.69) is 60.2 Å². The molecule has 0 amide bonds. The van der Waals surface area contributed by atoms with Crippen LogP contribution < -0.4 is 4.74 Å². The molecule has 0 saturated carbocycles. The van der Waals surface area contributed by atoms with Gasteiger partial charge in [-0.3, -0.25) is 4.99 Å². The van der Waals surface area contributed by atoms with E-state index < -0.39 is 0 Å². The summed E-state index contributed by atoms with van der Waals surface area (Å²) in [6.07, 6.45) is 27.4. The Morgan fingerprint density at radius 2 is 1.35 bits per heavy atom.